The third kappa shape index (κ3) is 16.0. The van der Waals surface area contributed by atoms with Crippen LogP contribution in [0.15, 0.2) is 328 Å². The molecule has 0 saturated heterocycles. The molecule has 4 aliphatic rings. The van der Waals surface area contributed by atoms with Crippen LogP contribution < -0.4 is 62.8 Å². The van der Waals surface area contributed by atoms with E-state index in [0.29, 0.717) is 0 Å². The second-order valence-corrected chi connectivity index (χ2v) is 38.1. The average Bonchev–Trinajstić information content (AvgIpc) is 1.61. The summed E-state index contributed by atoms with van der Waals surface area (Å²) in [6, 6.07) is 111. The molecule has 10 aromatic carbocycles. The van der Waals surface area contributed by atoms with Crippen molar-refractivity contribution in [1.29, 1.82) is 0 Å². The van der Waals surface area contributed by atoms with E-state index >= 15 is 0 Å². The number of hydrogen-bond acceptors (Lipinski definition) is 8. The Bertz CT molecular complexity index is 6660. The maximum Gasteiger partial charge on any atom is 1.00 e. The summed E-state index contributed by atoms with van der Waals surface area (Å²) in [4.78, 5) is 20.0. The molecule has 4 radical (unpaired) electrons. The first-order chi connectivity index (χ1) is 56.0. The van der Waals surface area contributed by atoms with Crippen molar-refractivity contribution >= 4 is 74.1 Å². The van der Waals surface area contributed by atoms with Crippen LogP contribution in [0.25, 0.3) is 157 Å². The fourth-order valence-corrected chi connectivity index (χ4v) is 26.6. The molecule has 118 heavy (non-hydrogen) atoms. The molecule has 4 atom stereocenters. The zero-order valence-electron chi connectivity index (χ0n) is 65.0. The summed E-state index contributed by atoms with van der Waals surface area (Å²) in [6.07, 6.45) is 3.42. The molecule has 12 nitrogen and oxygen atoms in total. The Morgan fingerprint density at radius 3 is 0.814 bits per heavy atom. The Hall–Kier alpha value is -10.1. The molecule has 0 aliphatic carbocycles. The predicted octanol–water partition coefficient (Wildman–Crippen LogP) is 18.1. The SMILES string of the molecule is C[PH+]1c2ccccc2-c2cccc(-c3cc(-c4ccccc4)cc(-c4ccn[n-]4)n3)c21.C[PH+]1c2ccccc2-c2cccc(-c3cccc(-c4ccn[n-]4)n3)c21.Cc1cc(-c2cc(-c3ccccc3)cc(-c3cccc4c3[PH+](C)c3ccccc3-4)n2)[n-]n1.Cc1cc(-c2cccc(-c3cccc4c3[PH+](C)c3ccccc3-4)n2)[n-]n1.[Os+].[Os+].[Os+].[Os+]. The standard InChI is InChI=1S/C28H21N3P.C27H19N3P.C22H17N3P.C21H15N3P.4Os/c1-18-15-26(31-30-18)25-17-20(19-9-4-3-5-10-19)16-24(29-25)23-13-8-12-22-21-11-6-7-14-27(21)32(2)28(22)23;1-31-26-13-6-5-10-20(26)21-11-7-12-22(27(21)31)24-16-19(18-8-3-2-4-9-18)17-25(29-24)23-14-15-28-30-23;1-14-13-20(25-24-14)19-11-6-10-18(23-19)17-9-5-8-16-15-7-3-4-12-21(15)26(2)22(16)17;1-25-20-11-3-2-6-14(20)15-7-4-8-16(21(15)25)17-9-5-10-18(23-17)19-12-13-22-24-19;;;;/h3-17H,1-2H3;2-17H,1H3;3-13H,1-2H3;2-13H,1H3;;;;/q4*-1;4*+1/p+4. The summed E-state index contributed by atoms with van der Waals surface area (Å²) in [7, 11) is -3.29. The van der Waals surface area contributed by atoms with Crippen molar-refractivity contribution in [3.63, 3.8) is 0 Å². The van der Waals surface area contributed by atoms with Crippen LogP contribution in [0, 0.1) is 13.8 Å². The number of aryl methyl sites for hydroxylation is 2. The number of hydrogen-bond donors (Lipinski definition) is 0. The Labute approximate surface area is 744 Å². The van der Waals surface area contributed by atoms with Crippen molar-refractivity contribution in [3.8, 4) is 157 Å². The minimum absolute atomic E-state index is 0. The van der Waals surface area contributed by atoms with Gasteiger partial charge in [0.15, 0.2) is 0 Å². The smallest absolute Gasteiger partial charge is 0.574 e. The summed E-state index contributed by atoms with van der Waals surface area (Å²) in [5.74, 6) is 0. The van der Waals surface area contributed by atoms with Crippen LogP contribution >= 0.6 is 31.7 Å². The number of aromatic nitrogens is 12. The second kappa shape index (κ2) is 36.2. The molecule has 12 heterocycles. The van der Waals surface area contributed by atoms with Gasteiger partial charge in [0, 0.05) is 90.5 Å². The van der Waals surface area contributed by atoms with Crippen molar-refractivity contribution in [2.24, 2.45) is 0 Å². The molecule has 0 bridgehead atoms. The van der Waals surface area contributed by atoms with Crippen molar-refractivity contribution in [3.05, 3.63) is 339 Å². The monoisotopic (exact) mass is 2310 g/mol. The Morgan fingerprint density at radius 2 is 0.475 bits per heavy atom. The molecule has 0 fully saturated rings. The van der Waals surface area contributed by atoms with Gasteiger partial charge in [0.25, 0.3) is 0 Å². The van der Waals surface area contributed by atoms with Gasteiger partial charge in [-0.25, -0.2) is 19.9 Å². The van der Waals surface area contributed by atoms with Gasteiger partial charge in [-0.3, -0.25) is 0 Å². The first-order valence-electron chi connectivity index (χ1n) is 38.2. The summed E-state index contributed by atoms with van der Waals surface area (Å²) < 4.78 is 0. The van der Waals surface area contributed by atoms with Gasteiger partial charge in [0.2, 0.25) is 0 Å². The van der Waals surface area contributed by atoms with Crippen LogP contribution in [0.1, 0.15) is 11.4 Å². The van der Waals surface area contributed by atoms with E-state index in [4.69, 9.17) is 19.9 Å². The molecule has 18 aromatic rings. The van der Waals surface area contributed by atoms with Gasteiger partial charge in [-0.2, -0.15) is 0 Å². The zero-order chi connectivity index (χ0) is 76.9. The number of benzene rings is 10. The Kier molecular flexibility index (Phi) is 25.5. The number of fused-ring (bicyclic) bond motifs is 12. The van der Waals surface area contributed by atoms with E-state index in [1.165, 1.54) is 120 Å². The maximum atomic E-state index is 5.10. The normalized spacial score (nSPS) is 14.1. The fraction of sp³-hybridized carbons (Fsp3) is 0.0612. The molecule has 4 aliphatic heterocycles. The molecule has 22 rings (SSSR count). The first-order valence-corrected chi connectivity index (χ1v) is 46.2. The van der Waals surface area contributed by atoms with E-state index in [9.17, 15) is 0 Å². The number of pyridine rings is 4. The predicted molar refractivity (Wildman–Crippen MR) is 481 cm³/mol. The fourth-order valence-electron chi connectivity index (χ4n) is 16.7. The molecule has 0 saturated carbocycles. The molecule has 0 N–H and O–H groups in total. The average molecular weight is 2310 g/mol. The quantitative estimate of drug-likeness (QED) is 0.119. The van der Waals surface area contributed by atoms with Crippen molar-refractivity contribution in [2.45, 2.75) is 13.8 Å². The molecule has 4 unspecified atom stereocenters. The van der Waals surface area contributed by atoms with Crippen LogP contribution in [-0.2, 0) is 79.2 Å². The van der Waals surface area contributed by atoms with Gasteiger partial charge in [-0.05, 0) is 133 Å². The van der Waals surface area contributed by atoms with E-state index in [-0.39, 0.29) is 79.2 Å². The second-order valence-electron chi connectivity index (χ2n) is 29.0. The third-order valence-corrected chi connectivity index (χ3v) is 32.1. The molecule has 8 aromatic heterocycles. The molecular weight excluding hydrogens is 2230 g/mol. The molecular formula is C98H76N12Os4P4+4. The minimum Gasteiger partial charge on any atom is -0.574 e. The van der Waals surface area contributed by atoms with E-state index < -0.39 is 31.7 Å². The van der Waals surface area contributed by atoms with Crippen LogP contribution in [0.4, 0.5) is 0 Å². The van der Waals surface area contributed by atoms with Crippen molar-refractivity contribution < 1.29 is 79.2 Å². The number of nitrogens with zero attached hydrogens (tertiary/aromatic N) is 12. The van der Waals surface area contributed by atoms with Crippen LogP contribution in [0.5, 0.6) is 0 Å². The van der Waals surface area contributed by atoms with Crippen molar-refractivity contribution in [1.82, 2.24) is 60.7 Å². The summed E-state index contributed by atoms with van der Waals surface area (Å²) >= 11 is 0. The van der Waals surface area contributed by atoms with E-state index in [1.807, 2.05) is 62.4 Å². The van der Waals surface area contributed by atoms with Gasteiger partial charge in [0.05, 0.1) is 104 Å². The first kappa shape index (κ1) is 83.0. The van der Waals surface area contributed by atoms with Crippen LogP contribution in [0.3, 0.4) is 0 Å². The molecule has 576 valence electrons. The maximum absolute atomic E-state index is 5.10. The van der Waals surface area contributed by atoms with Crippen LogP contribution in [0.2, 0.25) is 0 Å². The summed E-state index contributed by atoms with van der Waals surface area (Å²) in [5, 5.41) is 45.0. The van der Waals surface area contributed by atoms with Gasteiger partial charge in [-0.1, -0.05) is 241 Å². The molecule has 0 amide bonds. The minimum atomic E-state index is -0.865. The van der Waals surface area contributed by atoms with Gasteiger partial charge >= 0.3 is 79.2 Å². The van der Waals surface area contributed by atoms with E-state index in [1.54, 1.807) is 12.4 Å². The molecule has 0 spiro atoms. The summed E-state index contributed by atoms with van der Waals surface area (Å²) in [5.41, 5.74) is 33.1. The van der Waals surface area contributed by atoms with E-state index in [0.717, 1.165) is 90.8 Å². The topological polar surface area (TPSA) is 160 Å². The number of rotatable bonds is 10. The van der Waals surface area contributed by atoms with Crippen molar-refractivity contribution in [2.75, 3.05) is 26.7 Å². The molecule has 20 heteroatoms. The van der Waals surface area contributed by atoms with Gasteiger partial charge in [-0.15, -0.1) is 0 Å². The van der Waals surface area contributed by atoms with Gasteiger partial charge < -0.3 is 40.8 Å². The Balaban J connectivity index is 0.000000122. The summed E-state index contributed by atoms with van der Waals surface area (Å²) in [6.45, 7) is 13.5. The van der Waals surface area contributed by atoms with Gasteiger partial charge in [0.1, 0.15) is 42.4 Å². The van der Waals surface area contributed by atoms with Crippen LogP contribution in [-0.4, -0.2) is 67.0 Å². The van der Waals surface area contributed by atoms with E-state index in [2.05, 4.69) is 334 Å². The Morgan fingerprint density at radius 1 is 0.212 bits per heavy atom. The third-order valence-electron chi connectivity index (χ3n) is 22.0. The zero-order valence-corrected chi connectivity index (χ0v) is 79.1. The largest absolute Gasteiger partial charge is 1.00 e.